The zero-order valence-corrected chi connectivity index (χ0v) is 13.1. The van der Waals surface area contributed by atoms with Crippen molar-refractivity contribution in [2.75, 3.05) is 26.2 Å². The molecule has 0 bridgehead atoms. The maximum atomic E-state index is 9.40. The number of nitrogens with zero attached hydrogens (tertiary/aromatic N) is 3. The highest BCUT2D eigenvalue weighted by Gasteiger charge is 2.32. The molecule has 2 heterocycles. The van der Waals surface area contributed by atoms with E-state index < -0.39 is 0 Å². The van der Waals surface area contributed by atoms with Crippen LogP contribution in [0.5, 0.6) is 0 Å². The van der Waals surface area contributed by atoms with Gasteiger partial charge in [-0.15, -0.1) is 0 Å². The van der Waals surface area contributed by atoms with Crippen LogP contribution in [0.4, 0.5) is 0 Å². The lowest BCUT2D eigenvalue weighted by Gasteiger charge is -2.44. The zero-order valence-electron chi connectivity index (χ0n) is 13.1. The quantitative estimate of drug-likeness (QED) is 0.864. The number of aliphatic hydroxyl groups excluding tert-OH is 1. The number of hydrogen-bond donors (Lipinski definition) is 2. The van der Waals surface area contributed by atoms with E-state index in [0.717, 1.165) is 44.5 Å². The van der Waals surface area contributed by atoms with Crippen LogP contribution in [0.2, 0.25) is 0 Å². The molecule has 1 aliphatic heterocycles. The van der Waals surface area contributed by atoms with Gasteiger partial charge in [-0.25, -0.2) is 4.98 Å². The lowest BCUT2D eigenvalue weighted by Crippen LogP contribution is -2.56. The third kappa shape index (κ3) is 3.65. The summed E-state index contributed by atoms with van der Waals surface area (Å²) in [6.45, 7) is 6.57. The SMILES string of the molecule is Cc1ncc(CN2CCN(C3CCCC3)C(CCO)C2)[nH]1. The molecule has 0 aromatic carbocycles. The van der Waals surface area contributed by atoms with Crippen LogP contribution in [0.15, 0.2) is 6.20 Å². The van der Waals surface area contributed by atoms with Crippen LogP contribution in [-0.2, 0) is 6.54 Å². The minimum atomic E-state index is 0.297. The number of rotatable bonds is 5. The molecular weight excluding hydrogens is 264 g/mol. The number of aryl methyl sites for hydroxylation is 1. The molecule has 0 amide bonds. The number of aliphatic hydroxyl groups is 1. The largest absolute Gasteiger partial charge is 0.396 e. The summed E-state index contributed by atoms with van der Waals surface area (Å²) in [7, 11) is 0. The van der Waals surface area contributed by atoms with Crippen LogP contribution in [0.1, 0.15) is 43.6 Å². The monoisotopic (exact) mass is 292 g/mol. The number of H-pyrrole nitrogens is 1. The Balaban J connectivity index is 1.60. The van der Waals surface area contributed by atoms with E-state index in [1.807, 2.05) is 13.1 Å². The Morgan fingerprint density at radius 3 is 2.81 bits per heavy atom. The summed E-state index contributed by atoms with van der Waals surface area (Å²) in [5.74, 6) is 0.987. The molecule has 2 N–H and O–H groups in total. The van der Waals surface area contributed by atoms with Gasteiger partial charge in [-0.05, 0) is 26.2 Å². The third-order valence-corrected chi connectivity index (χ3v) is 5.02. The van der Waals surface area contributed by atoms with Crippen molar-refractivity contribution >= 4 is 0 Å². The highest BCUT2D eigenvalue weighted by Crippen LogP contribution is 2.28. The molecule has 0 radical (unpaired) electrons. The van der Waals surface area contributed by atoms with Gasteiger partial charge in [0.2, 0.25) is 0 Å². The summed E-state index contributed by atoms with van der Waals surface area (Å²) in [5, 5.41) is 9.40. The fraction of sp³-hybridized carbons (Fsp3) is 0.812. The van der Waals surface area contributed by atoms with Crippen molar-refractivity contribution in [1.29, 1.82) is 0 Å². The lowest BCUT2D eigenvalue weighted by atomic mass is 10.0. The number of aromatic nitrogens is 2. The number of hydrogen-bond acceptors (Lipinski definition) is 4. The van der Waals surface area contributed by atoms with Gasteiger partial charge in [0.15, 0.2) is 0 Å². The smallest absolute Gasteiger partial charge is 0.103 e. The second-order valence-electron chi connectivity index (χ2n) is 6.57. The average Bonchev–Trinajstić information content (AvgIpc) is 3.12. The molecule has 3 rings (SSSR count). The Hall–Kier alpha value is -0.910. The fourth-order valence-electron chi connectivity index (χ4n) is 3.99. The predicted molar refractivity (Wildman–Crippen MR) is 83.1 cm³/mol. The molecule has 0 spiro atoms. The van der Waals surface area contributed by atoms with E-state index >= 15 is 0 Å². The van der Waals surface area contributed by atoms with Crippen molar-refractivity contribution < 1.29 is 5.11 Å². The van der Waals surface area contributed by atoms with E-state index in [2.05, 4.69) is 19.8 Å². The standard InChI is InChI=1S/C16H28N4O/c1-13-17-10-14(18-13)11-19-7-8-20(15-4-2-3-5-15)16(12-19)6-9-21/h10,15-16,21H,2-9,11-12H2,1H3,(H,17,18). The van der Waals surface area contributed by atoms with E-state index in [1.165, 1.54) is 31.4 Å². The van der Waals surface area contributed by atoms with Crippen LogP contribution in [0.25, 0.3) is 0 Å². The average molecular weight is 292 g/mol. The maximum absolute atomic E-state index is 9.40. The minimum Gasteiger partial charge on any atom is -0.396 e. The second kappa shape index (κ2) is 6.90. The molecule has 1 aromatic heterocycles. The maximum Gasteiger partial charge on any atom is 0.103 e. The van der Waals surface area contributed by atoms with Gasteiger partial charge < -0.3 is 10.1 Å². The molecule has 1 aliphatic carbocycles. The molecule has 21 heavy (non-hydrogen) atoms. The third-order valence-electron chi connectivity index (χ3n) is 5.02. The van der Waals surface area contributed by atoms with E-state index in [4.69, 9.17) is 0 Å². The van der Waals surface area contributed by atoms with Crippen molar-refractivity contribution in [1.82, 2.24) is 19.8 Å². The number of aromatic amines is 1. The van der Waals surface area contributed by atoms with Crippen molar-refractivity contribution in [2.24, 2.45) is 0 Å². The summed E-state index contributed by atoms with van der Waals surface area (Å²) in [4.78, 5) is 12.8. The van der Waals surface area contributed by atoms with Gasteiger partial charge in [0.1, 0.15) is 5.82 Å². The summed E-state index contributed by atoms with van der Waals surface area (Å²) >= 11 is 0. The summed E-state index contributed by atoms with van der Waals surface area (Å²) in [6.07, 6.45) is 8.30. The molecule has 1 saturated carbocycles. The number of piperazine rings is 1. The Morgan fingerprint density at radius 1 is 1.33 bits per heavy atom. The van der Waals surface area contributed by atoms with Crippen LogP contribution in [0.3, 0.4) is 0 Å². The number of nitrogens with one attached hydrogen (secondary N) is 1. The number of imidazole rings is 1. The summed E-state index contributed by atoms with van der Waals surface area (Å²) < 4.78 is 0. The van der Waals surface area contributed by atoms with Crippen molar-refractivity contribution in [3.05, 3.63) is 17.7 Å². The second-order valence-corrected chi connectivity index (χ2v) is 6.57. The summed E-state index contributed by atoms with van der Waals surface area (Å²) in [6, 6.07) is 1.27. The van der Waals surface area contributed by atoms with Gasteiger partial charge in [0.05, 0.1) is 0 Å². The Kier molecular flexibility index (Phi) is 4.93. The van der Waals surface area contributed by atoms with Gasteiger partial charge in [-0.1, -0.05) is 12.8 Å². The molecule has 1 saturated heterocycles. The van der Waals surface area contributed by atoms with Gasteiger partial charge in [-0.3, -0.25) is 9.80 Å². The fourth-order valence-corrected chi connectivity index (χ4v) is 3.99. The van der Waals surface area contributed by atoms with Gasteiger partial charge in [0.25, 0.3) is 0 Å². The zero-order chi connectivity index (χ0) is 14.7. The highest BCUT2D eigenvalue weighted by atomic mass is 16.3. The van der Waals surface area contributed by atoms with Crippen molar-refractivity contribution in [3.63, 3.8) is 0 Å². The molecule has 118 valence electrons. The normalized spacial score (nSPS) is 25.7. The molecule has 1 atom stereocenters. The van der Waals surface area contributed by atoms with E-state index in [9.17, 15) is 5.11 Å². The molecule has 2 fully saturated rings. The minimum absolute atomic E-state index is 0.297. The molecule has 5 nitrogen and oxygen atoms in total. The Bertz CT molecular complexity index is 441. The first kappa shape index (κ1) is 15.0. The van der Waals surface area contributed by atoms with Crippen LogP contribution < -0.4 is 0 Å². The predicted octanol–water partition coefficient (Wildman–Crippen LogP) is 1.53. The Labute approximate surface area is 127 Å². The lowest BCUT2D eigenvalue weighted by molar-refractivity contribution is 0.0263. The first-order valence-electron chi connectivity index (χ1n) is 8.35. The van der Waals surface area contributed by atoms with Crippen LogP contribution in [-0.4, -0.2) is 63.2 Å². The molecular formula is C16H28N4O. The van der Waals surface area contributed by atoms with Crippen LogP contribution >= 0.6 is 0 Å². The van der Waals surface area contributed by atoms with Crippen LogP contribution in [0, 0.1) is 6.92 Å². The first-order valence-corrected chi connectivity index (χ1v) is 8.35. The van der Waals surface area contributed by atoms with E-state index in [1.54, 1.807) is 0 Å². The highest BCUT2D eigenvalue weighted by molar-refractivity contribution is 5.00. The topological polar surface area (TPSA) is 55.4 Å². The Morgan fingerprint density at radius 2 is 2.14 bits per heavy atom. The molecule has 2 aliphatic rings. The van der Waals surface area contributed by atoms with Crippen molar-refractivity contribution in [3.8, 4) is 0 Å². The molecule has 5 heteroatoms. The van der Waals surface area contributed by atoms with Gasteiger partial charge in [0, 0.05) is 56.8 Å². The van der Waals surface area contributed by atoms with Gasteiger partial charge >= 0.3 is 0 Å². The van der Waals surface area contributed by atoms with Gasteiger partial charge in [-0.2, -0.15) is 0 Å². The van der Waals surface area contributed by atoms with Crippen molar-refractivity contribution in [2.45, 2.75) is 57.7 Å². The summed E-state index contributed by atoms with van der Waals surface area (Å²) in [5.41, 5.74) is 1.20. The molecule has 1 unspecified atom stereocenters. The van der Waals surface area contributed by atoms with E-state index in [-0.39, 0.29) is 0 Å². The first-order chi connectivity index (χ1) is 10.3. The van der Waals surface area contributed by atoms with E-state index in [0.29, 0.717) is 12.6 Å². The molecule has 1 aromatic rings.